The normalized spacial score (nSPS) is 12.9. The Balaban J connectivity index is 1.69. The summed E-state index contributed by atoms with van der Waals surface area (Å²) in [4.78, 5) is 26.7. The first kappa shape index (κ1) is 30.6. The molecule has 1 aromatic heterocycles. The van der Waals surface area contributed by atoms with Gasteiger partial charge in [-0.1, -0.05) is 49.2 Å². The molecule has 0 saturated carbocycles. The van der Waals surface area contributed by atoms with Gasteiger partial charge >= 0.3 is 11.9 Å². The van der Waals surface area contributed by atoms with Crippen LogP contribution in [0.25, 0.3) is 0 Å². The van der Waals surface area contributed by atoms with Crippen molar-refractivity contribution in [3.8, 4) is 11.5 Å². The third-order valence-corrected chi connectivity index (χ3v) is 6.90. The van der Waals surface area contributed by atoms with Crippen molar-refractivity contribution in [2.24, 2.45) is 0 Å². The van der Waals surface area contributed by atoms with E-state index in [1.807, 2.05) is 28.8 Å². The number of alkyl halides is 1. The molecule has 0 saturated heterocycles. The predicted molar refractivity (Wildman–Crippen MR) is 150 cm³/mol. The second kappa shape index (κ2) is 13.9. The Bertz CT molecular complexity index is 1270. The highest BCUT2D eigenvalue weighted by molar-refractivity contribution is 6.32. The van der Waals surface area contributed by atoms with Crippen LogP contribution >= 0.6 is 34.8 Å². The molecular formula is C28H31Cl3N2O6. The van der Waals surface area contributed by atoms with E-state index in [-0.39, 0.29) is 19.1 Å². The first-order valence-corrected chi connectivity index (χ1v) is 13.5. The maximum Gasteiger partial charge on any atom is 0.303 e. The fourth-order valence-electron chi connectivity index (χ4n) is 3.88. The van der Waals surface area contributed by atoms with Crippen LogP contribution in [0.15, 0.2) is 55.1 Å². The molecule has 0 radical (unpaired) electrons. The van der Waals surface area contributed by atoms with E-state index in [1.54, 1.807) is 30.9 Å². The standard InChI is InChI=1S/C28H31Cl3N2O6/c1-18(34)38-22(13-29)15-36-26-7-5-20(11-24(26)30)28(3,4)21-6-8-27(25(31)12-21)37-16-23(39-19(2)35)14-33-10-9-32-17-33/h5-12,17,22-23H,13-16H2,1-4H3/t22-,23+/m0/s1. The van der Waals surface area contributed by atoms with Gasteiger partial charge in [-0.25, -0.2) is 4.98 Å². The van der Waals surface area contributed by atoms with Crippen molar-refractivity contribution >= 4 is 46.7 Å². The monoisotopic (exact) mass is 596 g/mol. The zero-order valence-electron chi connectivity index (χ0n) is 22.2. The molecule has 0 aliphatic heterocycles. The number of rotatable bonds is 13. The molecule has 3 rings (SSSR count). The van der Waals surface area contributed by atoms with Gasteiger partial charge in [-0.15, -0.1) is 11.6 Å². The topological polar surface area (TPSA) is 88.9 Å². The summed E-state index contributed by atoms with van der Waals surface area (Å²) in [6.45, 7) is 7.39. The molecular weight excluding hydrogens is 567 g/mol. The van der Waals surface area contributed by atoms with Crippen LogP contribution in [-0.4, -0.2) is 52.8 Å². The van der Waals surface area contributed by atoms with E-state index in [1.165, 1.54) is 13.8 Å². The molecule has 2 aromatic carbocycles. The minimum Gasteiger partial charge on any atom is -0.488 e. The van der Waals surface area contributed by atoms with Gasteiger partial charge in [-0.05, 0) is 35.4 Å². The highest BCUT2D eigenvalue weighted by Gasteiger charge is 2.26. The Morgan fingerprint density at radius 2 is 1.41 bits per heavy atom. The second-order valence-electron chi connectivity index (χ2n) is 9.41. The van der Waals surface area contributed by atoms with Crippen molar-refractivity contribution in [2.45, 2.75) is 51.9 Å². The number of nitrogens with zero attached hydrogens (tertiary/aromatic N) is 2. The summed E-state index contributed by atoms with van der Waals surface area (Å²) in [5.74, 6) is 0.213. The molecule has 2 atom stereocenters. The Morgan fingerprint density at radius 3 is 1.85 bits per heavy atom. The van der Waals surface area contributed by atoms with E-state index in [0.717, 1.165) is 11.1 Å². The van der Waals surface area contributed by atoms with E-state index in [9.17, 15) is 9.59 Å². The second-order valence-corrected chi connectivity index (χ2v) is 10.5. The molecule has 39 heavy (non-hydrogen) atoms. The number of carbonyl (C=O) groups excluding carboxylic acids is 2. The molecule has 0 aliphatic rings. The summed E-state index contributed by atoms with van der Waals surface area (Å²) in [5, 5.41) is 0.839. The lowest BCUT2D eigenvalue weighted by atomic mass is 9.78. The highest BCUT2D eigenvalue weighted by Crippen LogP contribution is 2.38. The third-order valence-electron chi connectivity index (χ3n) is 5.97. The lowest BCUT2D eigenvalue weighted by Gasteiger charge is -2.27. The average molecular weight is 598 g/mol. The summed E-state index contributed by atoms with van der Waals surface area (Å²) in [6, 6.07) is 11.1. The van der Waals surface area contributed by atoms with Crippen LogP contribution < -0.4 is 9.47 Å². The summed E-state index contributed by atoms with van der Waals surface area (Å²) in [5.41, 5.74) is 1.42. The fourth-order valence-corrected chi connectivity index (χ4v) is 4.50. The summed E-state index contributed by atoms with van der Waals surface area (Å²) in [7, 11) is 0. The summed E-state index contributed by atoms with van der Waals surface area (Å²) in [6.07, 6.45) is 3.99. The number of esters is 2. The van der Waals surface area contributed by atoms with Crippen LogP contribution in [0.5, 0.6) is 11.5 Å². The van der Waals surface area contributed by atoms with Crippen LogP contribution in [0, 0.1) is 0 Å². The predicted octanol–water partition coefficient (Wildman–Crippen LogP) is 6.08. The minimum atomic E-state index is -0.575. The number of aromatic nitrogens is 2. The number of hydrogen-bond donors (Lipinski definition) is 0. The van der Waals surface area contributed by atoms with Crippen molar-refractivity contribution in [1.82, 2.24) is 9.55 Å². The van der Waals surface area contributed by atoms with E-state index >= 15 is 0 Å². The third kappa shape index (κ3) is 8.78. The Hall–Kier alpha value is -2.94. The van der Waals surface area contributed by atoms with E-state index < -0.39 is 29.6 Å². The molecule has 0 unspecified atom stereocenters. The van der Waals surface area contributed by atoms with E-state index in [2.05, 4.69) is 18.8 Å². The zero-order valence-corrected chi connectivity index (χ0v) is 24.4. The number of hydrogen-bond acceptors (Lipinski definition) is 7. The maximum absolute atomic E-state index is 11.5. The Labute approximate surface area is 243 Å². The summed E-state index contributed by atoms with van der Waals surface area (Å²) >= 11 is 19.0. The van der Waals surface area contributed by atoms with Crippen molar-refractivity contribution < 1.29 is 28.5 Å². The quantitative estimate of drug-likeness (QED) is 0.174. The van der Waals surface area contributed by atoms with E-state index in [0.29, 0.717) is 28.1 Å². The molecule has 0 aliphatic carbocycles. The van der Waals surface area contributed by atoms with Gasteiger partial charge in [0.25, 0.3) is 0 Å². The minimum absolute atomic E-state index is 0.0866. The number of ether oxygens (including phenoxy) is 4. The highest BCUT2D eigenvalue weighted by atomic mass is 35.5. The molecule has 0 bridgehead atoms. The Kier molecular flexibility index (Phi) is 10.9. The van der Waals surface area contributed by atoms with Crippen LogP contribution in [0.3, 0.4) is 0 Å². The molecule has 3 aromatic rings. The van der Waals surface area contributed by atoms with Crippen LogP contribution in [0.1, 0.15) is 38.8 Å². The van der Waals surface area contributed by atoms with Gasteiger partial charge in [0.1, 0.15) is 30.8 Å². The average Bonchev–Trinajstić information content (AvgIpc) is 3.38. The fraction of sp³-hybridized carbons (Fsp3) is 0.393. The first-order chi connectivity index (χ1) is 18.5. The summed E-state index contributed by atoms with van der Waals surface area (Å²) < 4.78 is 23.9. The van der Waals surface area contributed by atoms with Gasteiger partial charge in [-0.2, -0.15) is 0 Å². The lowest BCUT2D eigenvalue weighted by molar-refractivity contribution is -0.148. The van der Waals surface area contributed by atoms with E-state index in [4.69, 9.17) is 53.8 Å². The van der Waals surface area contributed by atoms with Crippen LogP contribution in [0.2, 0.25) is 10.0 Å². The van der Waals surface area contributed by atoms with Gasteiger partial charge in [0, 0.05) is 31.7 Å². The molecule has 0 fully saturated rings. The SMILES string of the molecule is CC(=O)O[C@@H](CCl)COc1ccc(C(C)(C)c2ccc(OC[C@@H](Cn3ccnc3)OC(C)=O)c(Cl)c2)cc1Cl. The number of halogens is 3. The smallest absolute Gasteiger partial charge is 0.303 e. The van der Waals surface area contributed by atoms with Crippen LogP contribution in [-0.2, 0) is 31.0 Å². The molecule has 8 nitrogen and oxygen atoms in total. The zero-order chi connectivity index (χ0) is 28.6. The first-order valence-electron chi connectivity index (χ1n) is 12.2. The number of benzene rings is 2. The number of imidazole rings is 1. The van der Waals surface area contributed by atoms with Gasteiger partial charge in [0.15, 0.2) is 6.10 Å². The number of carbonyl (C=O) groups is 2. The molecule has 0 spiro atoms. The lowest BCUT2D eigenvalue weighted by Crippen LogP contribution is -2.28. The molecule has 210 valence electrons. The molecule has 11 heteroatoms. The van der Waals surface area contributed by atoms with Crippen LogP contribution in [0.4, 0.5) is 0 Å². The van der Waals surface area contributed by atoms with Crippen molar-refractivity contribution in [1.29, 1.82) is 0 Å². The van der Waals surface area contributed by atoms with Crippen molar-refractivity contribution in [2.75, 3.05) is 19.1 Å². The van der Waals surface area contributed by atoms with Gasteiger partial charge < -0.3 is 23.5 Å². The van der Waals surface area contributed by atoms with Gasteiger partial charge in [-0.3, -0.25) is 9.59 Å². The Morgan fingerprint density at radius 1 is 0.897 bits per heavy atom. The van der Waals surface area contributed by atoms with Gasteiger partial charge in [0.2, 0.25) is 0 Å². The molecule has 0 amide bonds. The van der Waals surface area contributed by atoms with Gasteiger partial charge in [0.05, 0.1) is 28.8 Å². The van der Waals surface area contributed by atoms with Crippen molar-refractivity contribution in [3.63, 3.8) is 0 Å². The molecule has 1 heterocycles. The maximum atomic E-state index is 11.5. The largest absolute Gasteiger partial charge is 0.488 e. The molecule has 0 N–H and O–H groups in total. The van der Waals surface area contributed by atoms with Crippen molar-refractivity contribution in [3.05, 3.63) is 76.3 Å².